The Hall–Kier alpha value is -0.870. The van der Waals surface area contributed by atoms with Gasteiger partial charge in [-0.15, -0.1) is 0 Å². The van der Waals surface area contributed by atoms with Crippen molar-refractivity contribution in [2.75, 3.05) is 5.32 Å². The SMILES string of the molecule is CC(C)(CCc1ccccc1)Nc1ncc(Br)cc1Br. The molecule has 0 aliphatic heterocycles. The minimum absolute atomic E-state index is 0.0147. The maximum atomic E-state index is 4.41. The molecule has 0 spiro atoms. The predicted octanol–water partition coefficient (Wildman–Crippen LogP) is 5.43. The van der Waals surface area contributed by atoms with Gasteiger partial charge in [-0.1, -0.05) is 30.3 Å². The van der Waals surface area contributed by atoms with Gasteiger partial charge in [-0.25, -0.2) is 4.98 Å². The number of aryl methyl sites for hydroxylation is 1. The summed E-state index contributed by atoms with van der Waals surface area (Å²) in [7, 11) is 0. The summed E-state index contributed by atoms with van der Waals surface area (Å²) in [6.45, 7) is 4.40. The van der Waals surface area contributed by atoms with Crippen LogP contribution >= 0.6 is 31.9 Å². The summed E-state index contributed by atoms with van der Waals surface area (Å²) in [5.74, 6) is 0.881. The largest absolute Gasteiger partial charge is 0.364 e. The lowest BCUT2D eigenvalue weighted by Crippen LogP contribution is -2.32. The molecule has 0 fully saturated rings. The fourth-order valence-electron chi connectivity index (χ4n) is 1.99. The molecule has 0 bridgehead atoms. The van der Waals surface area contributed by atoms with Gasteiger partial charge < -0.3 is 5.32 Å². The van der Waals surface area contributed by atoms with Crippen molar-refractivity contribution >= 4 is 37.7 Å². The Morgan fingerprint density at radius 3 is 2.50 bits per heavy atom. The number of rotatable bonds is 5. The fourth-order valence-corrected chi connectivity index (χ4v) is 3.08. The molecule has 0 saturated carbocycles. The first kappa shape index (κ1) is 15.5. The van der Waals surface area contributed by atoms with E-state index >= 15 is 0 Å². The zero-order valence-electron chi connectivity index (χ0n) is 11.7. The summed E-state index contributed by atoms with van der Waals surface area (Å²) < 4.78 is 1.94. The lowest BCUT2D eigenvalue weighted by atomic mass is 9.95. The van der Waals surface area contributed by atoms with E-state index in [2.05, 4.69) is 86.3 Å². The van der Waals surface area contributed by atoms with Crippen molar-refractivity contribution in [3.05, 3.63) is 57.1 Å². The number of benzene rings is 1. The smallest absolute Gasteiger partial charge is 0.140 e. The number of nitrogens with one attached hydrogen (secondary N) is 1. The van der Waals surface area contributed by atoms with E-state index in [1.165, 1.54) is 5.56 Å². The molecule has 0 amide bonds. The quantitative estimate of drug-likeness (QED) is 0.727. The van der Waals surface area contributed by atoms with Gasteiger partial charge in [0.05, 0.1) is 4.47 Å². The Labute approximate surface area is 137 Å². The maximum absolute atomic E-state index is 4.41. The third-order valence-corrected chi connectivity index (χ3v) is 4.18. The van der Waals surface area contributed by atoms with Crippen molar-refractivity contribution in [2.24, 2.45) is 0 Å². The standard InChI is InChI=1S/C16H18Br2N2/c1-16(2,9-8-12-6-4-3-5-7-12)20-15-14(18)10-13(17)11-19-15/h3-7,10-11H,8-9H2,1-2H3,(H,19,20). The molecule has 0 aliphatic carbocycles. The summed E-state index contributed by atoms with van der Waals surface area (Å²) >= 11 is 6.96. The highest BCUT2D eigenvalue weighted by molar-refractivity contribution is 9.11. The van der Waals surface area contributed by atoms with Crippen LogP contribution in [0.4, 0.5) is 5.82 Å². The van der Waals surface area contributed by atoms with Crippen LogP contribution in [0.15, 0.2) is 51.5 Å². The molecule has 2 aromatic rings. The lowest BCUT2D eigenvalue weighted by Gasteiger charge is -2.27. The first-order chi connectivity index (χ1) is 9.46. The zero-order chi connectivity index (χ0) is 14.6. The highest BCUT2D eigenvalue weighted by Gasteiger charge is 2.19. The minimum atomic E-state index is -0.0147. The zero-order valence-corrected chi connectivity index (χ0v) is 14.8. The molecule has 2 nitrogen and oxygen atoms in total. The Balaban J connectivity index is 2.00. The first-order valence-corrected chi connectivity index (χ1v) is 8.18. The van der Waals surface area contributed by atoms with Gasteiger partial charge in [0.2, 0.25) is 0 Å². The molecule has 0 unspecified atom stereocenters. The number of halogens is 2. The van der Waals surface area contributed by atoms with Crippen LogP contribution in [0.3, 0.4) is 0 Å². The van der Waals surface area contributed by atoms with Crippen LogP contribution in [0.2, 0.25) is 0 Å². The van der Waals surface area contributed by atoms with E-state index in [1.807, 2.05) is 6.07 Å². The average Bonchev–Trinajstić information content (AvgIpc) is 2.41. The van der Waals surface area contributed by atoms with Crippen molar-refractivity contribution in [2.45, 2.75) is 32.2 Å². The average molecular weight is 398 g/mol. The molecular formula is C16H18Br2N2. The molecule has 1 heterocycles. The van der Waals surface area contributed by atoms with Gasteiger partial charge in [0.1, 0.15) is 5.82 Å². The van der Waals surface area contributed by atoms with E-state index in [4.69, 9.17) is 0 Å². The third kappa shape index (κ3) is 4.60. The number of anilines is 1. The molecule has 2 rings (SSSR count). The van der Waals surface area contributed by atoms with Crippen LogP contribution in [-0.4, -0.2) is 10.5 Å². The molecule has 0 aliphatic rings. The van der Waals surface area contributed by atoms with Crippen LogP contribution in [0, 0.1) is 0 Å². The monoisotopic (exact) mass is 396 g/mol. The molecule has 1 aromatic carbocycles. The number of aromatic nitrogens is 1. The first-order valence-electron chi connectivity index (χ1n) is 6.59. The van der Waals surface area contributed by atoms with Crippen LogP contribution < -0.4 is 5.32 Å². The number of nitrogens with zero attached hydrogens (tertiary/aromatic N) is 1. The Morgan fingerprint density at radius 2 is 1.85 bits per heavy atom. The second-order valence-corrected chi connectivity index (χ2v) is 7.25. The van der Waals surface area contributed by atoms with Crippen molar-refractivity contribution < 1.29 is 0 Å². The topological polar surface area (TPSA) is 24.9 Å². The van der Waals surface area contributed by atoms with E-state index < -0.39 is 0 Å². The Bertz CT molecular complexity index is 568. The number of pyridine rings is 1. The summed E-state index contributed by atoms with van der Waals surface area (Å²) in [5.41, 5.74) is 1.35. The molecule has 0 radical (unpaired) electrons. The van der Waals surface area contributed by atoms with Gasteiger partial charge >= 0.3 is 0 Å². The van der Waals surface area contributed by atoms with Gasteiger partial charge in [0.15, 0.2) is 0 Å². The van der Waals surface area contributed by atoms with Crippen molar-refractivity contribution in [3.63, 3.8) is 0 Å². The lowest BCUT2D eigenvalue weighted by molar-refractivity contribution is 0.516. The normalized spacial score (nSPS) is 11.4. The molecule has 0 saturated heterocycles. The van der Waals surface area contributed by atoms with Crippen LogP contribution in [0.25, 0.3) is 0 Å². The van der Waals surface area contributed by atoms with Crippen LogP contribution in [-0.2, 0) is 6.42 Å². The summed E-state index contributed by atoms with van der Waals surface area (Å²) in [6, 6.07) is 12.6. The highest BCUT2D eigenvalue weighted by Crippen LogP contribution is 2.27. The van der Waals surface area contributed by atoms with E-state index in [0.29, 0.717) is 0 Å². The van der Waals surface area contributed by atoms with Crippen molar-refractivity contribution in [1.29, 1.82) is 0 Å². The Morgan fingerprint density at radius 1 is 1.15 bits per heavy atom. The minimum Gasteiger partial charge on any atom is -0.364 e. The Kier molecular flexibility index (Phi) is 5.22. The third-order valence-electron chi connectivity index (χ3n) is 3.15. The van der Waals surface area contributed by atoms with Gasteiger partial charge in [-0.2, -0.15) is 0 Å². The van der Waals surface area contributed by atoms with Gasteiger partial charge in [-0.3, -0.25) is 0 Å². The molecule has 106 valence electrons. The van der Waals surface area contributed by atoms with Gasteiger partial charge in [0, 0.05) is 16.2 Å². The fraction of sp³-hybridized carbons (Fsp3) is 0.312. The van der Waals surface area contributed by atoms with E-state index in [0.717, 1.165) is 27.6 Å². The van der Waals surface area contributed by atoms with Gasteiger partial charge in [0.25, 0.3) is 0 Å². The van der Waals surface area contributed by atoms with Crippen molar-refractivity contribution in [3.8, 4) is 0 Å². The maximum Gasteiger partial charge on any atom is 0.140 e. The van der Waals surface area contributed by atoms with Crippen LogP contribution in [0.5, 0.6) is 0 Å². The van der Waals surface area contributed by atoms with E-state index in [-0.39, 0.29) is 5.54 Å². The molecule has 1 N–H and O–H groups in total. The van der Waals surface area contributed by atoms with Gasteiger partial charge in [-0.05, 0) is 70.2 Å². The molecule has 1 aromatic heterocycles. The summed E-state index contributed by atoms with van der Waals surface area (Å²) in [5, 5.41) is 3.51. The van der Waals surface area contributed by atoms with E-state index in [1.54, 1.807) is 6.20 Å². The molecule has 0 atom stereocenters. The highest BCUT2D eigenvalue weighted by atomic mass is 79.9. The second kappa shape index (κ2) is 6.72. The van der Waals surface area contributed by atoms with Crippen LogP contribution in [0.1, 0.15) is 25.8 Å². The summed E-state index contributed by atoms with van der Waals surface area (Å²) in [6.07, 6.45) is 3.90. The molecule has 4 heteroatoms. The number of hydrogen-bond acceptors (Lipinski definition) is 2. The van der Waals surface area contributed by atoms with Crippen molar-refractivity contribution in [1.82, 2.24) is 4.98 Å². The molecular weight excluding hydrogens is 380 g/mol. The van der Waals surface area contributed by atoms with E-state index in [9.17, 15) is 0 Å². The number of hydrogen-bond donors (Lipinski definition) is 1. The molecule has 20 heavy (non-hydrogen) atoms. The second-order valence-electron chi connectivity index (χ2n) is 5.48. The predicted molar refractivity (Wildman–Crippen MR) is 92.1 cm³/mol. The summed E-state index contributed by atoms with van der Waals surface area (Å²) in [4.78, 5) is 4.41.